The van der Waals surface area contributed by atoms with E-state index < -0.39 is 11.9 Å². The summed E-state index contributed by atoms with van der Waals surface area (Å²) in [6, 6.07) is 13.3. The normalized spacial score (nSPS) is 10.2. The highest BCUT2D eigenvalue weighted by molar-refractivity contribution is 5.96. The Balaban J connectivity index is 2.12. The fraction of sp³-hybridized carbons (Fsp3) is 0.300. The summed E-state index contributed by atoms with van der Waals surface area (Å²) in [5.41, 5.74) is 0.570. The summed E-state index contributed by atoms with van der Waals surface area (Å²) >= 11 is 0. The Labute approximate surface area is 147 Å². The van der Waals surface area contributed by atoms with E-state index in [4.69, 9.17) is 14.2 Å². The summed E-state index contributed by atoms with van der Waals surface area (Å²) < 4.78 is 16.0. The van der Waals surface area contributed by atoms with Crippen molar-refractivity contribution < 1.29 is 23.8 Å². The van der Waals surface area contributed by atoms with Gasteiger partial charge in [0, 0.05) is 0 Å². The molecule has 0 aliphatic heterocycles. The monoisotopic (exact) mass is 342 g/mol. The Morgan fingerprint density at radius 3 is 2.52 bits per heavy atom. The second kappa shape index (κ2) is 9.47. The topological polar surface area (TPSA) is 61.8 Å². The highest BCUT2D eigenvalue weighted by Crippen LogP contribution is 2.21. The minimum atomic E-state index is -0.558. The predicted molar refractivity (Wildman–Crippen MR) is 94.2 cm³/mol. The van der Waals surface area contributed by atoms with Gasteiger partial charge >= 0.3 is 11.9 Å². The van der Waals surface area contributed by atoms with Gasteiger partial charge in [-0.25, -0.2) is 9.59 Å². The number of hydrogen-bond donors (Lipinski definition) is 0. The molecular formula is C20H22O5. The van der Waals surface area contributed by atoms with E-state index in [1.54, 1.807) is 55.5 Å². The number of hydrogen-bond acceptors (Lipinski definition) is 5. The van der Waals surface area contributed by atoms with Crippen LogP contribution in [-0.2, 0) is 4.74 Å². The molecule has 0 aliphatic carbocycles. The van der Waals surface area contributed by atoms with Crippen molar-refractivity contribution in [2.75, 3.05) is 13.2 Å². The van der Waals surface area contributed by atoms with Crippen molar-refractivity contribution in [3.05, 3.63) is 59.7 Å². The van der Waals surface area contributed by atoms with Crippen LogP contribution < -0.4 is 9.47 Å². The number of para-hydroxylation sites is 1. The van der Waals surface area contributed by atoms with Crippen LogP contribution in [0, 0.1) is 0 Å². The molecule has 2 rings (SSSR count). The summed E-state index contributed by atoms with van der Waals surface area (Å²) in [7, 11) is 0. The highest BCUT2D eigenvalue weighted by Gasteiger charge is 2.17. The van der Waals surface area contributed by atoms with E-state index in [1.165, 1.54) is 0 Å². The fourth-order valence-corrected chi connectivity index (χ4v) is 2.14. The van der Waals surface area contributed by atoms with Gasteiger partial charge in [0.15, 0.2) is 0 Å². The van der Waals surface area contributed by atoms with Gasteiger partial charge in [-0.05, 0) is 43.7 Å². The summed E-state index contributed by atoms with van der Waals surface area (Å²) in [4.78, 5) is 24.3. The van der Waals surface area contributed by atoms with Crippen molar-refractivity contribution in [1.29, 1.82) is 0 Å². The van der Waals surface area contributed by atoms with Gasteiger partial charge in [0.2, 0.25) is 0 Å². The largest absolute Gasteiger partial charge is 0.494 e. The van der Waals surface area contributed by atoms with Crippen LogP contribution in [0.25, 0.3) is 0 Å². The van der Waals surface area contributed by atoms with Crippen molar-refractivity contribution >= 4 is 11.9 Å². The number of unbranched alkanes of at least 4 members (excludes halogenated alkanes) is 1. The average molecular weight is 342 g/mol. The van der Waals surface area contributed by atoms with Crippen molar-refractivity contribution in [2.24, 2.45) is 0 Å². The van der Waals surface area contributed by atoms with Crippen LogP contribution in [0.4, 0.5) is 0 Å². The second-order valence-corrected chi connectivity index (χ2v) is 5.34. The van der Waals surface area contributed by atoms with Crippen molar-refractivity contribution in [3.63, 3.8) is 0 Å². The number of carbonyl (C=O) groups excluding carboxylic acids is 2. The van der Waals surface area contributed by atoms with E-state index in [0.29, 0.717) is 17.9 Å². The van der Waals surface area contributed by atoms with Crippen LogP contribution in [0.5, 0.6) is 11.5 Å². The van der Waals surface area contributed by atoms with Crippen LogP contribution in [0.2, 0.25) is 0 Å². The molecule has 0 radical (unpaired) electrons. The average Bonchev–Trinajstić information content (AvgIpc) is 2.63. The second-order valence-electron chi connectivity index (χ2n) is 5.34. The van der Waals surface area contributed by atoms with E-state index in [9.17, 15) is 9.59 Å². The molecule has 25 heavy (non-hydrogen) atoms. The number of benzene rings is 2. The molecule has 0 aliphatic rings. The number of esters is 2. The first-order valence-corrected chi connectivity index (χ1v) is 8.37. The van der Waals surface area contributed by atoms with Gasteiger partial charge in [-0.2, -0.15) is 0 Å². The Morgan fingerprint density at radius 2 is 1.76 bits per heavy atom. The molecule has 5 nitrogen and oxygen atoms in total. The lowest BCUT2D eigenvalue weighted by molar-refractivity contribution is 0.0520. The zero-order valence-electron chi connectivity index (χ0n) is 14.5. The molecule has 0 bridgehead atoms. The molecule has 0 aromatic heterocycles. The molecule has 0 saturated heterocycles. The van der Waals surface area contributed by atoms with Gasteiger partial charge in [0.1, 0.15) is 17.1 Å². The fourth-order valence-electron chi connectivity index (χ4n) is 2.14. The van der Waals surface area contributed by atoms with Crippen molar-refractivity contribution in [1.82, 2.24) is 0 Å². The Hall–Kier alpha value is -2.82. The van der Waals surface area contributed by atoms with Crippen LogP contribution in [0.15, 0.2) is 48.5 Å². The zero-order valence-corrected chi connectivity index (χ0v) is 14.5. The molecule has 0 spiro atoms. The van der Waals surface area contributed by atoms with E-state index in [2.05, 4.69) is 6.92 Å². The molecule has 0 amide bonds. The molecule has 0 unspecified atom stereocenters. The van der Waals surface area contributed by atoms with E-state index >= 15 is 0 Å². The first-order chi connectivity index (χ1) is 12.2. The summed E-state index contributed by atoms with van der Waals surface area (Å²) in [6.45, 7) is 4.65. The third-order valence-corrected chi connectivity index (χ3v) is 3.42. The molecule has 2 aromatic rings. The van der Waals surface area contributed by atoms with E-state index in [-0.39, 0.29) is 17.9 Å². The van der Waals surface area contributed by atoms with Gasteiger partial charge < -0.3 is 14.2 Å². The smallest absolute Gasteiger partial charge is 0.343 e. The van der Waals surface area contributed by atoms with Crippen LogP contribution >= 0.6 is 0 Å². The standard InChI is InChI=1S/C20H22O5/c1-3-5-13-24-16-10-8-9-15(14-16)19(21)25-18-12-7-6-11-17(18)20(22)23-4-2/h6-12,14H,3-5,13H2,1-2H3. The molecule has 0 heterocycles. The van der Waals surface area contributed by atoms with Gasteiger partial charge in [-0.3, -0.25) is 0 Å². The molecule has 0 atom stereocenters. The maximum absolute atomic E-state index is 12.4. The highest BCUT2D eigenvalue weighted by atomic mass is 16.5. The predicted octanol–water partition coefficient (Wildman–Crippen LogP) is 4.26. The third-order valence-electron chi connectivity index (χ3n) is 3.42. The summed E-state index contributed by atoms with van der Waals surface area (Å²) in [6.07, 6.45) is 1.98. The molecular weight excluding hydrogens is 320 g/mol. The Kier molecular flexibility index (Phi) is 7.01. The lowest BCUT2D eigenvalue weighted by Crippen LogP contribution is -2.13. The van der Waals surface area contributed by atoms with Crippen LogP contribution in [0.3, 0.4) is 0 Å². The first-order valence-electron chi connectivity index (χ1n) is 8.37. The maximum atomic E-state index is 12.4. The van der Waals surface area contributed by atoms with E-state index in [1.807, 2.05) is 0 Å². The number of rotatable bonds is 8. The zero-order chi connectivity index (χ0) is 18.1. The quantitative estimate of drug-likeness (QED) is 0.407. The summed E-state index contributed by atoms with van der Waals surface area (Å²) in [5.74, 6) is -0.301. The minimum absolute atomic E-state index is 0.170. The first kappa shape index (κ1) is 18.5. The minimum Gasteiger partial charge on any atom is -0.494 e. The van der Waals surface area contributed by atoms with Crippen molar-refractivity contribution in [2.45, 2.75) is 26.7 Å². The molecule has 5 heteroatoms. The Bertz CT molecular complexity index is 724. The molecule has 0 N–H and O–H groups in total. The van der Waals surface area contributed by atoms with Crippen molar-refractivity contribution in [3.8, 4) is 11.5 Å². The molecule has 2 aromatic carbocycles. The van der Waals surface area contributed by atoms with Gasteiger partial charge in [-0.1, -0.05) is 31.5 Å². The van der Waals surface area contributed by atoms with Gasteiger partial charge in [0.25, 0.3) is 0 Å². The summed E-state index contributed by atoms with van der Waals surface area (Å²) in [5, 5.41) is 0. The number of carbonyl (C=O) groups is 2. The molecule has 0 fully saturated rings. The van der Waals surface area contributed by atoms with Crippen LogP contribution in [-0.4, -0.2) is 25.2 Å². The van der Waals surface area contributed by atoms with Gasteiger partial charge in [0.05, 0.1) is 18.8 Å². The van der Waals surface area contributed by atoms with Crippen LogP contribution in [0.1, 0.15) is 47.4 Å². The van der Waals surface area contributed by atoms with E-state index in [0.717, 1.165) is 12.8 Å². The third kappa shape index (κ3) is 5.35. The molecule has 0 saturated carbocycles. The van der Waals surface area contributed by atoms with Gasteiger partial charge in [-0.15, -0.1) is 0 Å². The lowest BCUT2D eigenvalue weighted by Gasteiger charge is -2.10. The SMILES string of the molecule is CCCCOc1cccc(C(=O)Oc2ccccc2C(=O)OCC)c1. The Morgan fingerprint density at radius 1 is 0.960 bits per heavy atom. The maximum Gasteiger partial charge on any atom is 0.343 e. The lowest BCUT2D eigenvalue weighted by atomic mass is 10.2. The number of ether oxygens (including phenoxy) is 3. The molecule has 132 valence electrons.